The molecule has 0 nitrogen and oxygen atoms in total. The van der Waals surface area contributed by atoms with Gasteiger partial charge in [-0.1, -0.05) is 58.6 Å². The Labute approximate surface area is 84.4 Å². The minimum absolute atomic E-state index is 0.925. The molecule has 0 bridgehead atoms. The van der Waals surface area contributed by atoms with Gasteiger partial charge in [0, 0.05) is 0 Å². The van der Waals surface area contributed by atoms with Crippen molar-refractivity contribution in [1.82, 2.24) is 0 Å². The molecule has 0 saturated heterocycles. The highest BCUT2D eigenvalue weighted by Gasteiger charge is 1.98. The summed E-state index contributed by atoms with van der Waals surface area (Å²) in [6.45, 7) is 10.9. The van der Waals surface area contributed by atoms with E-state index in [0.717, 1.165) is 12.3 Å². The third-order valence-corrected chi connectivity index (χ3v) is 2.92. The van der Waals surface area contributed by atoms with Gasteiger partial charge in [0.05, 0.1) is 0 Å². The summed E-state index contributed by atoms with van der Waals surface area (Å²) in [6.07, 6.45) is 9.30. The van der Waals surface area contributed by atoms with Gasteiger partial charge in [0.2, 0.25) is 0 Å². The predicted molar refractivity (Wildman–Crippen MR) is 62.0 cm³/mol. The Hall–Kier alpha value is -0.260. The lowest BCUT2D eigenvalue weighted by atomic mass is 9.99. The van der Waals surface area contributed by atoms with E-state index in [0.29, 0.717) is 0 Å². The van der Waals surface area contributed by atoms with Crippen LogP contribution in [-0.4, -0.2) is 0 Å². The number of rotatable bonds is 8. The lowest BCUT2D eigenvalue weighted by molar-refractivity contribution is 0.478. The maximum atomic E-state index is 4.02. The fourth-order valence-electron chi connectivity index (χ4n) is 1.43. The third-order valence-electron chi connectivity index (χ3n) is 2.92. The van der Waals surface area contributed by atoms with Crippen molar-refractivity contribution in [3.8, 4) is 0 Å². The fraction of sp³-hybridized carbons (Fsp3) is 0.846. The van der Waals surface area contributed by atoms with Crippen molar-refractivity contribution in [2.24, 2.45) is 5.92 Å². The maximum Gasteiger partial charge on any atom is -0.0323 e. The van der Waals surface area contributed by atoms with E-state index in [-0.39, 0.29) is 0 Å². The van der Waals surface area contributed by atoms with Gasteiger partial charge in [-0.25, -0.2) is 0 Å². The number of unbranched alkanes of at least 4 members (excludes halogenated alkanes) is 2. The third kappa shape index (κ3) is 8.08. The molecule has 0 heteroatoms. The summed E-state index contributed by atoms with van der Waals surface area (Å²) < 4.78 is 0. The first-order chi connectivity index (χ1) is 6.20. The minimum atomic E-state index is 0.925. The van der Waals surface area contributed by atoms with E-state index < -0.39 is 0 Å². The Morgan fingerprint density at radius 2 is 1.85 bits per heavy atom. The van der Waals surface area contributed by atoms with Gasteiger partial charge in [-0.2, -0.15) is 0 Å². The molecule has 1 atom stereocenters. The van der Waals surface area contributed by atoms with Crippen molar-refractivity contribution < 1.29 is 0 Å². The molecule has 0 radical (unpaired) electrons. The van der Waals surface area contributed by atoms with Crippen LogP contribution in [0.5, 0.6) is 0 Å². The zero-order valence-electron chi connectivity index (χ0n) is 9.73. The molecule has 78 valence electrons. The van der Waals surface area contributed by atoms with Crippen LogP contribution in [0.3, 0.4) is 0 Å². The monoisotopic (exact) mass is 182 g/mol. The predicted octanol–water partition coefficient (Wildman–Crippen LogP) is 4.95. The fourth-order valence-corrected chi connectivity index (χ4v) is 1.43. The van der Waals surface area contributed by atoms with E-state index in [1.165, 1.54) is 44.1 Å². The Kier molecular flexibility index (Phi) is 8.18. The first-order valence-electron chi connectivity index (χ1n) is 5.87. The van der Waals surface area contributed by atoms with Crippen LogP contribution in [0.4, 0.5) is 0 Å². The molecule has 1 unspecified atom stereocenters. The molecule has 0 aliphatic carbocycles. The van der Waals surface area contributed by atoms with E-state index in [2.05, 4.69) is 27.4 Å². The molecule has 13 heavy (non-hydrogen) atoms. The van der Waals surface area contributed by atoms with Crippen LogP contribution < -0.4 is 0 Å². The van der Waals surface area contributed by atoms with Crippen molar-refractivity contribution >= 4 is 0 Å². The van der Waals surface area contributed by atoms with E-state index in [9.17, 15) is 0 Å². The van der Waals surface area contributed by atoms with Gasteiger partial charge in [0.1, 0.15) is 0 Å². The summed E-state index contributed by atoms with van der Waals surface area (Å²) in [4.78, 5) is 0. The van der Waals surface area contributed by atoms with Crippen molar-refractivity contribution in [2.45, 2.75) is 65.7 Å². The van der Waals surface area contributed by atoms with E-state index in [4.69, 9.17) is 0 Å². The molecule has 0 rings (SSSR count). The summed E-state index contributed by atoms with van der Waals surface area (Å²) in [5.74, 6) is 0.925. The lowest BCUT2D eigenvalue weighted by Crippen LogP contribution is -1.91. The first-order valence-corrected chi connectivity index (χ1v) is 5.87. The lowest BCUT2D eigenvalue weighted by Gasteiger charge is -2.07. The summed E-state index contributed by atoms with van der Waals surface area (Å²) in [5, 5.41) is 0. The topological polar surface area (TPSA) is 0 Å². The van der Waals surface area contributed by atoms with Crippen LogP contribution in [0.25, 0.3) is 0 Å². The molecule has 0 N–H and O–H groups in total. The van der Waals surface area contributed by atoms with Crippen LogP contribution in [-0.2, 0) is 0 Å². The average molecular weight is 182 g/mol. The second kappa shape index (κ2) is 8.34. The van der Waals surface area contributed by atoms with Gasteiger partial charge >= 0.3 is 0 Å². The summed E-state index contributed by atoms with van der Waals surface area (Å²) in [7, 11) is 0. The standard InChI is InChI=1S/C13H26/c1-5-12(3)10-8-7-9-11-13(4)6-2/h13H,3,5-11H2,1-2,4H3. The molecular weight excluding hydrogens is 156 g/mol. The van der Waals surface area contributed by atoms with Crippen LogP contribution in [0.2, 0.25) is 0 Å². The molecule has 0 heterocycles. The molecule has 0 aliphatic heterocycles. The van der Waals surface area contributed by atoms with Crippen LogP contribution in [0.15, 0.2) is 12.2 Å². The smallest absolute Gasteiger partial charge is 0.0323 e. The van der Waals surface area contributed by atoms with E-state index >= 15 is 0 Å². The zero-order valence-corrected chi connectivity index (χ0v) is 9.73. The SMILES string of the molecule is C=C(CC)CCCCCC(C)CC. The van der Waals surface area contributed by atoms with Gasteiger partial charge in [0.25, 0.3) is 0 Å². The normalized spacial score (nSPS) is 12.8. The van der Waals surface area contributed by atoms with Crippen molar-refractivity contribution in [1.29, 1.82) is 0 Å². The molecule has 0 spiro atoms. The molecule has 0 amide bonds. The molecule has 0 saturated carbocycles. The number of hydrogen-bond donors (Lipinski definition) is 0. The van der Waals surface area contributed by atoms with Crippen LogP contribution in [0, 0.1) is 5.92 Å². The summed E-state index contributed by atoms with van der Waals surface area (Å²) in [6, 6.07) is 0. The van der Waals surface area contributed by atoms with Crippen molar-refractivity contribution in [2.75, 3.05) is 0 Å². The Morgan fingerprint density at radius 3 is 2.38 bits per heavy atom. The van der Waals surface area contributed by atoms with E-state index in [1.54, 1.807) is 0 Å². The molecular formula is C13H26. The Bertz CT molecular complexity index is 124. The summed E-state index contributed by atoms with van der Waals surface area (Å²) >= 11 is 0. The average Bonchev–Trinajstić information content (AvgIpc) is 2.16. The van der Waals surface area contributed by atoms with Gasteiger partial charge in [-0.3, -0.25) is 0 Å². The molecule has 0 aromatic rings. The second-order valence-electron chi connectivity index (χ2n) is 4.22. The molecule has 0 aliphatic rings. The molecule has 0 aromatic carbocycles. The van der Waals surface area contributed by atoms with Crippen molar-refractivity contribution in [3.63, 3.8) is 0 Å². The quantitative estimate of drug-likeness (QED) is 0.368. The van der Waals surface area contributed by atoms with Gasteiger partial charge < -0.3 is 0 Å². The van der Waals surface area contributed by atoms with Crippen LogP contribution in [0.1, 0.15) is 65.7 Å². The Balaban J connectivity index is 3.12. The van der Waals surface area contributed by atoms with Crippen LogP contribution >= 0.6 is 0 Å². The van der Waals surface area contributed by atoms with Crippen molar-refractivity contribution in [3.05, 3.63) is 12.2 Å². The maximum absolute atomic E-state index is 4.02. The van der Waals surface area contributed by atoms with Gasteiger partial charge in [-0.15, -0.1) is 0 Å². The Morgan fingerprint density at radius 1 is 1.15 bits per heavy atom. The highest BCUT2D eigenvalue weighted by molar-refractivity contribution is 4.91. The minimum Gasteiger partial charge on any atom is -0.0999 e. The zero-order chi connectivity index (χ0) is 10.1. The highest BCUT2D eigenvalue weighted by Crippen LogP contribution is 2.15. The highest BCUT2D eigenvalue weighted by atomic mass is 14.0. The van der Waals surface area contributed by atoms with E-state index in [1.807, 2.05) is 0 Å². The molecule has 0 fully saturated rings. The number of hydrogen-bond acceptors (Lipinski definition) is 0. The van der Waals surface area contributed by atoms with Gasteiger partial charge in [0.15, 0.2) is 0 Å². The summed E-state index contributed by atoms with van der Waals surface area (Å²) in [5.41, 5.74) is 1.42. The first kappa shape index (κ1) is 12.7. The largest absolute Gasteiger partial charge is 0.0999 e. The second-order valence-corrected chi connectivity index (χ2v) is 4.22. The number of allylic oxidation sites excluding steroid dienone is 1. The molecule has 0 aromatic heterocycles. The van der Waals surface area contributed by atoms with Gasteiger partial charge in [-0.05, 0) is 25.2 Å².